The van der Waals surface area contributed by atoms with Gasteiger partial charge in [-0.25, -0.2) is 0 Å². The summed E-state index contributed by atoms with van der Waals surface area (Å²) in [5, 5.41) is 6.69. The Morgan fingerprint density at radius 2 is 1.67 bits per heavy atom. The maximum absolute atomic E-state index is 11.9. The van der Waals surface area contributed by atoms with Crippen LogP contribution in [0.4, 0.5) is 0 Å². The van der Waals surface area contributed by atoms with E-state index in [1.165, 1.54) is 44.9 Å². The predicted molar refractivity (Wildman–Crippen MR) is 70.0 cm³/mol. The van der Waals surface area contributed by atoms with Gasteiger partial charge in [-0.3, -0.25) is 4.79 Å². The van der Waals surface area contributed by atoms with Gasteiger partial charge in [0.1, 0.15) is 0 Å². The monoisotopic (exact) mass is 248 g/mol. The number of hydrogen-bond acceptors (Lipinski definition) is 2. The number of carbonyl (C=O) groups is 1. The Labute approximate surface area is 109 Å². The lowest BCUT2D eigenvalue weighted by Gasteiger charge is -2.14. The van der Waals surface area contributed by atoms with E-state index >= 15 is 0 Å². The van der Waals surface area contributed by atoms with Crippen molar-refractivity contribution in [3.63, 3.8) is 0 Å². The minimum absolute atomic E-state index is 0.222. The van der Waals surface area contributed by atoms with Crippen LogP contribution in [-0.2, 0) is 4.79 Å². The molecule has 0 aliphatic heterocycles. The first-order valence-corrected chi connectivity index (χ1v) is 7.85. The molecule has 18 heavy (non-hydrogen) atoms. The van der Waals surface area contributed by atoms with Gasteiger partial charge in [0.2, 0.25) is 5.91 Å². The zero-order valence-corrected chi connectivity index (χ0v) is 11.0. The van der Waals surface area contributed by atoms with Crippen LogP contribution in [0.3, 0.4) is 0 Å². The van der Waals surface area contributed by atoms with Crippen molar-refractivity contribution < 1.29 is 4.79 Å². The first kappa shape index (κ1) is 11.3. The van der Waals surface area contributed by atoms with E-state index in [0.29, 0.717) is 18.6 Å². The highest BCUT2D eigenvalue weighted by atomic mass is 16.2. The van der Waals surface area contributed by atoms with E-state index in [4.69, 9.17) is 0 Å². The van der Waals surface area contributed by atoms with E-state index in [9.17, 15) is 4.79 Å². The van der Waals surface area contributed by atoms with Crippen LogP contribution in [0.25, 0.3) is 0 Å². The molecular weight excluding hydrogens is 224 g/mol. The Kier molecular flexibility index (Phi) is 2.65. The molecule has 2 bridgehead atoms. The van der Waals surface area contributed by atoms with E-state index in [0.717, 1.165) is 23.7 Å². The smallest absolute Gasteiger partial charge is 0.234 e. The molecule has 0 aromatic rings. The van der Waals surface area contributed by atoms with E-state index in [1.807, 2.05) is 0 Å². The highest BCUT2D eigenvalue weighted by molar-refractivity contribution is 5.78. The Hall–Kier alpha value is -0.570. The fourth-order valence-corrected chi connectivity index (χ4v) is 5.16. The summed E-state index contributed by atoms with van der Waals surface area (Å²) in [5.74, 6) is 4.08. The summed E-state index contributed by atoms with van der Waals surface area (Å²) < 4.78 is 0. The summed E-state index contributed by atoms with van der Waals surface area (Å²) in [4.78, 5) is 11.9. The van der Waals surface area contributed by atoms with Crippen LogP contribution in [0.1, 0.15) is 44.9 Å². The quantitative estimate of drug-likeness (QED) is 0.795. The van der Waals surface area contributed by atoms with E-state index in [1.54, 1.807) is 0 Å². The lowest BCUT2D eigenvalue weighted by molar-refractivity contribution is -0.121. The van der Waals surface area contributed by atoms with Gasteiger partial charge in [0, 0.05) is 12.1 Å². The van der Waals surface area contributed by atoms with Gasteiger partial charge in [0.15, 0.2) is 0 Å². The first-order valence-electron chi connectivity index (χ1n) is 7.85. The fraction of sp³-hybridized carbons (Fsp3) is 0.933. The predicted octanol–water partition coefficient (Wildman–Crippen LogP) is 1.68. The molecule has 4 rings (SSSR count). The number of amides is 1. The normalized spacial score (nSPS) is 45.2. The maximum Gasteiger partial charge on any atom is 0.234 e. The minimum Gasteiger partial charge on any atom is -0.352 e. The second-order valence-electron chi connectivity index (χ2n) is 6.94. The van der Waals surface area contributed by atoms with Crippen molar-refractivity contribution in [2.24, 2.45) is 23.7 Å². The van der Waals surface area contributed by atoms with Crippen LogP contribution >= 0.6 is 0 Å². The van der Waals surface area contributed by atoms with Gasteiger partial charge in [-0.15, -0.1) is 0 Å². The Bertz CT molecular complexity index is 334. The molecule has 4 aliphatic rings. The molecule has 4 atom stereocenters. The van der Waals surface area contributed by atoms with Crippen molar-refractivity contribution in [2.45, 2.75) is 57.0 Å². The third-order valence-corrected chi connectivity index (χ3v) is 5.95. The van der Waals surface area contributed by atoms with Crippen molar-refractivity contribution in [3.8, 4) is 0 Å². The second kappa shape index (κ2) is 4.22. The molecule has 3 nitrogen and oxygen atoms in total. The highest BCUT2D eigenvalue weighted by Gasteiger charge is 2.64. The maximum atomic E-state index is 11.9. The molecule has 0 heterocycles. The highest BCUT2D eigenvalue weighted by Crippen LogP contribution is 2.65. The molecule has 0 saturated heterocycles. The van der Waals surface area contributed by atoms with Crippen LogP contribution in [0, 0.1) is 23.7 Å². The van der Waals surface area contributed by atoms with Gasteiger partial charge in [-0.1, -0.05) is 12.8 Å². The number of nitrogens with one attached hydrogen (secondary N) is 2. The van der Waals surface area contributed by atoms with Gasteiger partial charge in [0.25, 0.3) is 0 Å². The van der Waals surface area contributed by atoms with Crippen molar-refractivity contribution in [2.75, 3.05) is 6.54 Å². The van der Waals surface area contributed by atoms with Crippen molar-refractivity contribution in [1.82, 2.24) is 10.6 Å². The fourth-order valence-electron chi connectivity index (χ4n) is 5.16. The number of carbonyl (C=O) groups excluding carboxylic acids is 1. The number of fused-ring (bicyclic) bond motifs is 5. The molecular formula is C15H24N2O. The average molecular weight is 248 g/mol. The Balaban J connectivity index is 1.22. The zero-order chi connectivity index (χ0) is 12.1. The van der Waals surface area contributed by atoms with E-state index < -0.39 is 0 Å². The number of hydrogen-bond donors (Lipinski definition) is 2. The molecule has 0 aromatic carbocycles. The molecule has 3 heteroatoms. The van der Waals surface area contributed by atoms with Gasteiger partial charge >= 0.3 is 0 Å². The molecule has 0 spiro atoms. The first-order chi connectivity index (χ1) is 8.83. The summed E-state index contributed by atoms with van der Waals surface area (Å²) in [6.07, 6.45) is 9.34. The van der Waals surface area contributed by atoms with Gasteiger partial charge in [0.05, 0.1) is 6.54 Å². The minimum atomic E-state index is 0.222. The zero-order valence-electron chi connectivity index (χ0n) is 11.0. The Morgan fingerprint density at radius 3 is 2.33 bits per heavy atom. The van der Waals surface area contributed by atoms with Crippen LogP contribution in [-0.4, -0.2) is 24.5 Å². The molecule has 0 radical (unpaired) electrons. The molecule has 4 saturated carbocycles. The standard InChI is InChI=1S/C15H24N2O/c18-12(17-11-3-1-2-4-11)8-16-15-13-9-5-6-10(7-9)14(13)15/h9-11,13-16H,1-8H2,(H,17,18). The second-order valence-corrected chi connectivity index (χ2v) is 6.94. The summed E-state index contributed by atoms with van der Waals surface area (Å²) in [6.45, 7) is 0.549. The van der Waals surface area contributed by atoms with Crippen molar-refractivity contribution in [3.05, 3.63) is 0 Å². The van der Waals surface area contributed by atoms with Gasteiger partial charge < -0.3 is 10.6 Å². The molecule has 100 valence electrons. The largest absolute Gasteiger partial charge is 0.352 e. The lowest BCUT2D eigenvalue weighted by atomic mass is 10.0. The lowest BCUT2D eigenvalue weighted by Crippen LogP contribution is -2.40. The molecule has 4 aliphatic carbocycles. The molecule has 4 fully saturated rings. The van der Waals surface area contributed by atoms with Crippen molar-refractivity contribution >= 4 is 5.91 Å². The molecule has 4 unspecified atom stereocenters. The average Bonchev–Trinajstić information content (AvgIpc) is 2.83. The van der Waals surface area contributed by atoms with E-state index in [-0.39, 0.29) is 5.91 Å². The molecule has 2 N–H and O–H groups in total. The van der Waals surface area contributed by atoms with Gasteiger partial charge in [-0.2, -0.15) is 0 Å². The Morgan fingerprint density at radius 1 is 1.00 bits per heavy atom. The van der Waals surface area contributed by atoms with Crippen LogP contribution in [0.2, 0.25) is 0 Å². The molecule has 1 amide bonds. The van der Waals surface area contributed by atoms with E-state index in [2.05, 4.69) is 10.6 Å². The summed E-state index contributed by atoms with van der Waals surface area (Å²) in [6, 6.07) is 1.15. The summed E-state index contributed by atoms with van der Waals surface area (Å²) in [7, 11) is 0. The van der Waals surface area contributed by atoms with Gasteiger partial charge in [-0.05, 0) is 55.8 Å². The van der Waals surface area contributed by atoms with Crippen LogP contribution in [0.5, 0.6) is 0 Å². The summed E-state index contributed by atoms with van der Waals surface area (Å²) in [5.41, 5.74) is 0. The topological polar surface area (TPSA) is 41.1 Å². The van der Waals surface area contributed by atoms with Crippen LogP contribution < -0.4 is 10.6 Å². The summed E-state index contributed by atoms with van der Waals surface area (Å²) >= 11 is 0. The molecule has 0 aromatic heterocycles. The third kappa shape index (κ3) is 1.78. The van der Waals surface area contributed by atoms with Crippen molar-refractivity contribution in [1.29, 1.82) is 0 Å². The number of rotatable bonds is 4. The third-order valence-electron chi connectivity index (χ3n) is 5.95. The van der Waals surface area contributed by atoms with Crippen LogP contribution in [0.15, 0.2) is 0 Å². The SMILES string of the molecule is O=C(CNC1C2C3CCC(C3)C12)NC1CCCC1.